The van der Waals surface area contributed by atoms with E-state index >= 15 is 0 Å². The van der Waals surface area contributed by atoms with Gasteiger partial charge in [0.25, 0.3) is 0 Å². The fourth-order valence-corrected chi connectivity index (χ4v) is 5.18. The number of hydrogen-bond acceptors (Lipinski definition) is 3. The summed E-state index contributed by atoms with van der Waals surface area (Å²) in [5.74, 6) is -1.11. The Morgan fingerprint density at radius 1 is 1.46 bits per heavy atom. The van der Waals surface area contributed by atoms with Crippen molar-refractivity contribution in [1.29, 1.82) is 0 Å². The van der Waals surface area contributed by atoms with E-state index < -0.39 is 21.2 Å². The predicted octanol–water partition coefficient (Wildman–Crippen LogP) is 0.286. The lowest BCUT2D eigenvalue weighted by Gasteiger charge is -2.21. The van der Waals surface area contributed by atoms with Crippen molar-refractivity contribution in [1.82, 2.24) is 0 Å². The van der Waals surface area contributed by atoms with Crippen molar-refractivity contribution >= 4 is 15.8 Å². The van der Waals surface area contributed by atoms with Gasteiger partial charge in [0.2, 0.25) is 0 Å². The molecule has 0 radical (unpaired) electrons. The molecule has 0 aromatic rings. The topological polar surface area (TPSA) is 71.4 Å². The molecule has 0 bridgehead atoms. The molecule has 2 aliphatic rings. The number of fused-ring (bicyclic) bond motifs is 1. The fraction of sp³-hybridized carbons (Fsp3) is 0.875. The van der Waals surface area contributed by atoms with Crippen molar-refractivity contribution in [2.24, 2.45) is 11.3 Å². The molecule has 1 saturated carbocycles. The van der Waals surface area contributed by atoms with E-state index in [1.54, 1.807) is 0 Å². The summed E-state index contributed by atoms with van der Waals surface area (Å²) in [6, 6.07) is 0. The summed E-state index contributed by atoms with van der Waals surface area (Å²) in [5.41, 5.74) is -0.932. The first-order valence-corrected chi connectivity index (χ1v) is 6.22. The first-order chi connectivity index (χ1) is 5.96. The molecule has 2 atom stereocenters. The summed E-state index contributed by atoms with van der Waals surface area (Å²) >= 11 is 0. The van der Waals surface area contributed by atoms with Crippen molar-refractivity contribution in [3.8, 4) is 0 Å². The molecular formula is C8H12O4S. The van der Waals surface area contributed by atoms with Gasteiger partial charge in [0, 0.05) is 0 Å². The van der Waals surface area contributed by atoms with Gasteiger partial charge in [-0.25, -0.2) is 8.42 Å². The molecular weight excluding hydrogens is 192 g/mol. The maximum atomic E-state index is 11.3. The maximum Gasteiger partial charge on any atom is 0.310 e. The Labute approximate surface area is 76.9 Å². The van der Waals surface area contributed by atoms with Crippen LogP contribution in [0.3, 0.4) is 0 Å². The van der Waals surface area contributed by atoms with Crippen LogP contribution in [0.4, 0.5) is 0 Å². The zero-order valence-electron chi connectivity index (χ0n) is 7.19. The van der Waals surface area contributed by atoms with E-state index in [1.807, 2.05) is 0 Å². The quantitative estimate of drug-likeness (QED) is 0.666. The molecule has 0 aromatic heterocycles. The number of sulfone groups is 1. The van der Waals surface area contributed by atoms with Gasteiger partial charge in [-0.1, -0.05) is 6.42 Å². The number of carbonyl (C=O) groups is 1. The molecule has 74 valence electrons. The number of carboxylic acid groups (broad SMARTS) is 1. The molecule has 2 unspecified atom stereocenters. The minimum absolute atomic E-state index is 0.0826. The zero-order chi connectivity index (χ0) is 9.69. The normalized spacial score (nSPS) is 41.7. The highest BCUT2D eigenvalue weighted by molar-refractivity contribution is 7.91. The summed E-state index contributed by atoms with van der Waals surface area (Å²) in [7, 11) is -3.09. The van der Waals surface area contributed by atoms with Crippen LogP contribution in [-0.2, 0) is 14.6 Å². The van der Waals surface area contributed by atoms with E-state index in [-0.39, 0.29) is 17.4 Å². The van der Waals surface area contributed by atoms with Crippen molar-refractivity contribution in [3.05, 3.63) is 0 Å². The Kier molecular flexibility index (Phi) is 1.71. The third-order valence-electron chi connectivity index (χ3n) is 3.32. The van der Waals surface area contributed by atoms with Crippen molar-refractivity contribution < 1.29 is 18.3 Å². The van der Waals surface area contributed by atoms with E-state index in [4.69, 9.17) is 5.11 Å². The van der Waals surface area contributed by atoms with Crippen LogP contribution in [0.5, 0.6) is 0 Å². The second-order valence-corrected chi connectivity index (χ2v) is 6.21. The molecule has 1 heterocycles. The monoisotopic (exact) mass is 204 g/mol. The maximum absolute atomic E-state index is 11.3. The molecule has 0 spiro atoms. The molecule has 0 amide bonds. The molecule has 13 heavy (non-hydrogen) atoms. The Bertz CT molecular complexity index is 345. The molecule has 4 nitrogen and oxygen atoms in total. The number of carboxylic acids is 1. The number of aliphatic carboxylic acids is 1. The van der Waals surface area contributed by atoms with Gasteiger partial charge in [-0.15, -0.1) is 0 Å². The Balaban J connectivity index is 2.41. The highest BCUT2D eigenvalue weighted by atomic mass is 32.2. The second kappa shape index (κ2) is 2.47. The summed E-state index contributed by atoms with van der Waals surface area (Å²) in [5, 5.41) is 9.04. The molecule has 5 heteroatoms. The van der Waals surface area contributed by atoms with Gasteiger partial charge in [-0.2, -0.15) is 0 Å². The SMILES string of the molecule is O=C(O)C12CCCC1CS(=O)(=O)C2. The van der Waals surface area contributed by atoms with Crippen molar-refractivity contribution in [3.63, 3.8) is 0 Å². The lowest BCUT2D eigenvalue weighted by Crippen LogP contribution is -2.34. The molecule has 2 fully saturated rings. The van der Waals surface area contributed by atoms with Crippen LogP contribution in [0.1, 0.15) is 19.3 Å². The van der Waals surface area contributed by atoms with Gasteiger partial charge >= 0.3 is 5.97 Å². The lowest BCUT2D eigenvalue weighted by molar-refractivity contribution is -0.148. The second-order valence-electron chi connectivity index (χ2n) is 4.11. The molecule has 2 rings (SSSR count). The fourth-order valence-electron chi connectivity index (χ4n) is 2.68. The molecule has 0 aromatic carbocycles. The molecule has 1 aliphatic heterocycles. The van der Waals surface area contributed by atoms with Crippen LogP contribution in [-0.4, -0.2) is 31.0 Å². The van der Waals surface area contributed by atoms with Gasteiger partial charge in [0.15, 0.2) is 9.84 Å². The Hall–Kier alpha value is -0.580. The van der Waals surface area contributed by atoms with Crippen molar-refractivity contribution in [2.75, 3.05) is 11.5 Å². The molecule has 1 saturated heterocycles. The van der Waals surface area contributed by atoms with Crippen LogP contribution in [0.25, 0.3) is 0 Å². The summed E-state index contributed by atoms with van der Waals surface area (Å²) < 4.78 is 22.6. The van der Waals surface area contributed by atoms with E-state index in [9.17, 15) is 13.2 Å². The van der Waals surface area contributed by atoms with Crippen LogP contribution in [0, 0.1) is 11.3 Å². The van der Waals surface area contributed by atoms with E-state index in [0.29, 0.717) is 6.42 Å². The zero-order valence-corrected chi connectivity index (χ0v) is 8.01. The predicted molar refractivity (Wildman–Crippen MR) is 46.1 cm³/mol. The van der Waals surface area contributed by atoms with Gasteiger partial charge < -0.3 is 5.11 Å². The Morgan fingerprint density at radius 2 is 2.15 bits per heavy atom. The van der Waals surface area contributed by atoms with E-state index in [2.05, 4.69) is 0 Å². The lowest BCUT2D eigenvalue weighted by atomic mass is 9.81. The summed E-state index contributed by atoms with van der Waals surface area (Å²) in [6.07, 6.45) is 2.14. The van der Waals surface area contributed by atoms with Crippen molar-refractivity contribution in [2.45, 2.75) is 19.3 Å². The highest BCUT2D eigenvalue weighted by Gasteiger charge is 2.57. The van der Waals surface area contributed by atoms with Crippen LogP contribution < -0.4 is 0 Å². The minimum atomic E-state index is -3.09. The molecule has 1 aliphatic carbocycles. The average molecular weight is 204 g/mol. The highest BCUT2D eigenvalue weighted by Crippen LogP contribution is 2.49. The molecule has 1 N–H and O–H groups in total. The summed E-state index contributed by atoms with van der Waals surface area (Å²) in [6.45, 7) is 0. The van der Waals surface area contributed by atoms with Crippen LogP contribution >= 0.6 is 0 Å². The number of rotatable bonds is 1. The van der Waals surface area contributed by atoms with Crippen LogP contribution in [0.2, 0.25) is 0 Å². The average Bonchev–Trinajstić information content (AvgIpc) is 2.40. The standard InChI is InChI=1S/C8H12O4S/c9-7(10)8-3-1-2-6(8)4-13(11,12)5-8/h6H,1-5H2,(H,9,10). The Morgan fingerprint density at radius 3 is 2.69 bits per heavy atom. The third-order valence-corrected chi connectivity index (χ3v) is 5.18. The first-order valence-electron chi connectivity index (χ1n) is 4.40. The van der Waals surface area contributed by atoms with Gasteiger partial charge in [-0.3, -0.25) is 4.79 Å². The van der Waals surface area contributed by atoms with Gasteiger partial charge in [0.1, 0.15) is 0 Å². The summed E-state index contributed by atoms with van der Waals surface area (Å²) in [4.78, 5) is 11.0. The van der Waals surface area contributed by atoms with Gasteiger partial charge in [0.05, 0.1) is 16.9 Å². The number of hydrogen-bond donors (Lipinski definition) is 1. The van der Waals surface area contributed by atoms with E-state index in [1.165, 1.54) is 0 Å². The largest absolute Gasteiger partial charge is 0.481 e. The first kappa shape index (κ1) is 8.99. The van der Waals surface area contributed by atoms with Gasteiger partial charge in [-0.05, 0) is 18.8 Å². The minimum Gasteiger partial charge on any atom is -0.481 e. The van der Waals surface area contributed by atoms with E-state index in [0.717, 1.165) is 12.8 Å². The smallest absolute Gasteiger partial charge is 0.310 e. The van der Waals surface area contributed by atoms with Crippen LogP contribution in [0.15, 0.2) is 0 Å². The third kappa shape index (κ3) is 1.17.